The zero-order chi connectivity index (χ0) is 13.0. The van der Waals surface area contributed by atoms with Crippen molar-refractivity contribution in [3.63, 3.8) is 0 Å². The molecule has 0 spiro atoms. The van der Waals surface area contributed by atoms with Crippen molar-refractivity contribution < 1.29 is 18.3 Å². The average Bonchev–Trinajstić information content (AvgIpc) is 2.28. The van der Waals surface area contributed by atoms with Gasteiger partial charge in [-0.3, -0.25) is 4.79 Å². The Labute approximate surface area is 101 Å². The molecule has 0 atom stereocenters. The lowest BCUT2D eigenvalue weighted by Crippen LogP contribution is -2.08. The Kier molecular flexibility index (Phi) is 4.35. The molecule has 90 valence electrons. The molecule has 0 bridgehead atoms. The van der Waals surface area contributed by atoms with E-state index in [1.165, 1.54) is 7.11 Å². The van der Waals surface area contributed by atoms with Crippen molar-refractivity contribution in [1.82, 2.24) is 4.98 Å². The van der Waals surface area contributed by atoms with Gasteiger partial charge in [0.15, 0.2) is 0 Å². The number of rotatable bonds is 3. The molecule has 0 aromatic carbocycles. The number of ether oxygens (including phenoxy) is 1. The normalized spacial score (nSPS) is 10.1. The number of nitriles is 1. The maximum absolute atomic E-state index is 12.6. The van der Waals surface area contributed by atoms with Gasteiger partial charge < -0.3 is 4.74 Å². The molecule has 1 heterocycles. The zero-order valence-corrected chi connectivity index (χ0v) is 9.46. The van der Waals surface area contributed by atoms with Gasteiger partial charge in [0.05, 0.1) is 24.8 Å². The van der Waals surface area contributed by atoms with Crippen molar-refractivity contribution >= 4 is 17.6 Å². The van der Waals surface area contributed by atoms with Crippen LogP contribution in [0.25, 0.3) is 0 Å². The number of nitrogens with zero attached hydrogens (tertiary/aromatic N) is 2. The van der Waals surface area contributed by atoms with E-state index in [1.807, 2.05) is 0 Å². The zero-order valence-electron chi connectivity index (χ0n) is 8.71. The van der Waals surface area contributed by atoms with Crippen LogP contribution in [0.3, 0.4) is 0 Å². The summed E-state index contributed by atoms with van der Waals surface area (Å²) in [6.45, 7) is 0. The maximum Gasteiger partial charge on any atom is 0.311 e. The summed E-state index contributed by atoms with van der Waals surface area (Å²) in [5.74, 6) is -0.626. The summed E-state index contributed by atoms with van der Waals surface area (Å²) in [6, 6.07) is 2.53. The number of methoxy groups -OCH3 is 1. The number of hydrogen-bond donors (Lipinski definition) is 0. The van der Waals surface area contributed by atoms with E-state index >= 15 is 0 Å². The molecule has 4 nitrogen and oxygen atoms in total. The SMILES string of the molecule is COC(=O)Cc1cc(C(F)F)c(C#N)c(Cl)n1. The van der Waals surface area contributed by atoms with Gasteiger partial charge in [0, 0.05) is 5.56 Å². The quantitative estimate of drug-likeness (QED) is 0.618. The molecule has 0 amide bonds. The first-order valence-electron chi connectivity index (χ1n) is 4.44. The van der Waals surface area contributed by atoms with Gasteiger partial charge in [-0.05, 0) is 6.07 Å². The largest absolute Gasteiger partial charge is 0.469 e. The summed E-state index contributed by atoms with van der Waals surface area (Å²) in [7, 11) is 1.17. The number of alkyl halides is 2. The first-order valence-corrected chi connectivity index (χ1v) is 4.81. The molecule has 1 aromatic heterocycles. The van der Waals surface area contributed by atoms with Crippen molar-refractivity contribution in [2.45, 2.75) is 12.8 Å². The highest BCUT2D eigenvalue weighted by Gasteiger charge is 2.19. The van der Waals surface area contributed by atoms with E-state index in [0.29, 0.717) is 0 Å². The number of pyridine rings is 1. The lowest BCUT2D eigenvalue weighted by molar-refractivity contribution is -0.139. The highest BCUT2D eigenvalue weighted by atomic mass is 35.5. The summed E-state index contributed by atoms with van der Waals surface area (Å²) in [5, 5.41) is 8.32. The first kappa shape index (κ1) is 13.3. The Hall–Kier alpha value is -1.74. The molecular formula is C10H7ClF2N2O2. The fourth-order valence-electron chi connectivity index (χ4n) is 1.18. The van der Waals surface area contributed by atoms with Crippen molar-refractivity contribution in [3.8, 4) is 6.07 Å². The maximum atomic E-state index is 12.6. The van der Waals surface area contributed by atoms with Crippen LogP contribution in [0.5, 0.6) is 0 Å². The number of hydrogen-bond acceptors (Lipinski definition) is 4. The van der Waals surface area contributed by atoms with Gasteiger partial charge in [0.2, 0.25) is 0 Å². The van der Waals surface area contributed by atoms with Gasteiger partial charge in [0.25, 0.3) is 6.43 Å². The molecule has 0 saturated carbocycles. The van der Waals surface area contributed by atoms with Gasteiger partial charge in [0.1, 0.15) is 11.2 Å². The number of carbonyl (C=O) groups is 1. The molecule has 0 aliphatic carbocycles. The molecule has 7 heteroatoms. The van der Waals surface area contributed by atoms with Crippen LogP contribution in [0.15, 0.2) is 6.07 Å². The van der Waals surface area contributed by atoms with Gasteiger partial charge >= 0.3 is 5.97 Å². The van der Waals surface area contributed by atoms with E-state index in [9.17, 15) is 13.6 Å². The Morgan fingerprint density at radius 1 is 1.71 bits per heavy atom. The first-order chi connectivity index (χ1) is 7.99. The van der Waals surface area contributed by atoms with E-state index in [0.717, 1.165) is 6.07 Å². The summed E-state index contributed by atoms with van der Waals surface area (Å²) >= 11 is 5.59. The van der Waals surface area contributed by atoms with Crippen molar-refractivity contribution in [1.29, 1.82) is 5.26 Å². The lowest BCUT2D eigenvalue weighted by Gasteiger charge is -2.07. The smallest absolute Gasteiger partial charge is 0.311 e. The molecule has 0 saturated heterocycles. The fourth-order valence-corrected chi connectivity index (χ4v) is 1.44. The number of carbonyl (C=O) groups excluding carboxylic acids is 1. The molecule has 0 fully saturated rings. The Morgan fingerprint density at radius 3 is 2.82 bits per heavy atom. The standard InChI is InChI=1S/C10H7ClF2N2O2/c1-17-8(16)3-5-2-6(10(12)13)7(4-14)9(11)15-5/h2,10H,3H2,1H3. The predicted molar refractivity (Wildman–Crippen MR) is 54.6 cm³/mol. The van der Waals surface area contributed by atoms with Crippen molar-refractivity contribution in [2.75, 3.05) is 7.11 Å². The number of esters is 1. The summed E-state index contributed by atoms with van der Waals surface area (Å²) in [4.78, 5) is 14.7. The highest BCUT2D eigenvalue weighted by Crippen LogP contribution is 2.27. The van der Waals surface area contributed by atoms with Crippen LogP contribution >= 0.6 is 11.6 Å². The molecule has 1 rings (SSSR count). The van der Waals surface area contributed by atoms with Gasteiger partial charge in [-0.25, -0.2) is 13.8 Å². The minimum Gasteiger partial charge on any atom is -0.469 e. The second-order valence-electron chi connectivity index (χ2n) is 3.03. The van der Waals surface area contributed by atoms with Crippen LogP contribution in [0.2, 0.25) is 5.15 Å². The summed E-state index contributed by atoms with van der Waals surface area (Å²) in [6.07, 6.45) is -3.14. The average molecular weight is 261 g/mol. The minimum atomic E-state index is -2.86. The van der Waals surface area contributed by atoms with Crippen molar-refractivity contribution in [2.24, 2.45) is 0 Å². The van der Waals surface area contributed by atoms with Crippen LogP contribution in [0.1, 0.15) is 23.2 Å². The third-order valence-electron chi connectivity index (χ3n) is 1.96. The fraction of sp³-hybridized carbons (Fsp3) is 0.300. The molecule has 0 aliphatic rings. The Morgan fingerprint density at radius 2 is 2.35 bits per heavy atom. The molecular weight excluding hydrogens is 254 g/mol. The van der Waals surface area contributed by atoms with E-state index in [2.05, 4.69) is 9.72 Å². The van der Waals surface area contributed by atoms with E-state index in [1.54, 1.807) is 6.07 Å². The number of halogens is 3. The van der Waals surface area contributed by atoms with E-state index in [4.69, 9.17) is 16.9 Å². The molecule has 0 N–H and O–H groups in total. The third kappa shape index (κ3) is 3.11. The summed E-state index contributed by atoms with van der Waals surface area (Å²) in [5.41, 5.74) is -0.877. The Bertz CT molecular complexity index is 486. The molecule has 1 aromatic rings. The van der Waals surface area contributed by atoms with Gasteiger partial charge in [-0.1, -0.05) is 11.6 Å². The molecule has 0 aliphatic heterocycles. The second-order valence-corrected chi connectivity index (χ2v) is 3.39. The van der Waals surface area contributed by atoms with Gasteiger partial charge in [-0.2, -0.15) is 5.26 Å². The lowest BCUT2D eigenvalue weighted by atomic mass is 10.1. The Balaban J connectivity index is 3.21. The number of aromatic nitrogens is 1. The molecule has 17 heavy (non-hydrogen) atoms. The third-order valence-corrected chi connectivity index (χ3v) is 2.23. The summed E-state index contributed by atoms with van der Waals surface area (Å²) < 4.78 is 29.7. The van der Waals surface area contributed by atoms with Crippen LogP contribution < -0.4 is 0 Å². The van der Waals surface area contributed by atoms with Crippen LogP contribution in [0.4, 0.5) is 8.78 Å². The predicted octanol–water partition coefficient (Wildman–Crippen LogP) is 2.26. The molecule has 0 unspecified atom stereocenters. The second kappa shape index (κ2) is 5.55. The van der Waals surface area contributed by atoms with Crippen LogP contribution in [-0.2, 0) is 16.0 Å². The highest BCUT2D eigenvalue weighted by molar-refractivity contribution is 6.30. The van der Waals surface area contributed by atoms with E-state index in [-0.39, 0.29) is 22.8 Å². The van der Waals surface area contributed by atoms with Gasteiger partial charge in [-0.15, -0.1) is 0 Å². The monoisotopic (exact) mass is 260 g/mol. The van der Waals surface area contributed by atoms with Crippen LogP contribution in [0, 0.1) is 11.3 Å². The topological polar surface area (TPSA) is 63.0 Å². The minimum absolute atomic E-state index is 0.0381. The molecule has 0 radical (unpaired) electrons. The van der Waals surface area contributed by atoms with Crippen molar-refractivity contribution in [3.05, 3.63) is 28.0 Å². The van der Waals surface area contributed by atoms with E-state index < -0.39 is 18.0 Å². The van der Waals surface area contributed by atoms with Crippen LogP contribution in [-0.4, -0.2) is 18.1 Å².